The molecule has 6 nitrogen and oxygen atoms in total. The van der Waals surface area contributed by atoms with Crippen molar-refractivity contribution in [1.29, 1.82) is 0 Å². The number of pyridine rings is 1. The normalized spacial score (nSPS) is 14.5. The third kappa shape index (κ3) is 4.76. The topological polar surface area (TPSA) is 73.7 Å². The number of aromatic nitrogens is 1. The number of nitrogens with zero attached hydrogens (tertiary/aromatic N) is 3. The van der Waals surface area contributed by atoms with E-state index >= 15 is 0 Å². The largest absolute Gasteiger partial charge is 0.376 e. The van der Waals surface area contributed by atoms with E-state index in [0.717, 1.165) is 25.1 Å². The highest BCUT2D eigenvalue weighted by molar-refractivity contribution is 5.81. The smallest absolute Gasteiger partial charge is 0.230 e. The van der Waals surface area contributed by atoms with Crippen molar-refractivity contribution in [3.05, 3.63) is 23.9 Å². The van der Waals surface area contributed by atoms with Gasteiger partial charge in [-0.05, 0) is 37.8 Å². The van der Waals surface area contributed by atoms with Crippen molar-refractivity contribution in [3.63, 3.8) is 0 Å². The molecule has 0 spiro atoms. The van der Waals surface area contributed by atoms with Crippen LogP contribution in [0.4, 0.5) is 5.82 Å². The second-order valence-corrected chi connectivity index (χ2v) is 6.21. The molecule has 0 atom stereocenters. The number of aliphatic hydroxyl groups excluding tert-OH is 1. The number of carbonyl (C=O) groups excluding carboxylic acids is 2. The van der Waals surface area contributed by atoms with Crippen LogP contribution in [0.3, 0.4) is 0 Å². The van der Waals surface area contributed by atoms with Crippen molar-refractivity contribution in [2.45, 2.75) is 32.6 Å². The molecule has 0 saturated carbocycles. The Morgan fingerprint density at radius 2 is 2.09 bits per heavy atom. The Morgan fingerprint density at radius 1 is 1.35 bits per heavy atom. The minimum atomic E-state index is -0.244. The molecule has 1 aromatic heterocycles. The maximum atomic E-state index is 11.9. The summed E-state index contributed by atoms with van der Waals surface area (Å²) in [5.41, 5.74) is 1.17. The van der Waals surface area contributed by atoms with Gasteiger partial charge in [-0.15, -0.1) is 0 Å². The van der Waals surface area contributed by atoms with Gasteiger partial charge in [0.1, 0.15) is 18.3 Å². The number of ketones is 1. The van der Waals surface area contributed by atoms with E-state index in [1.54, 1.807) is 14.0 Å². The average molecular weight is 319 g/mol. The third-order valence-electron chi connectivity index (χ3n) is 4.20. The van der Waals surface area contributed by atoms with Gasteiger partial charge < -0.3 is 19.7 Å². The van der Waals surface area contributed by atoms with Gasteiger partial charge in [-0.3, -0.25) is 4.79 Å². The van der Waals surface area contributed by atoms with E-state index in [1.165, 1.54) is 10.5 Å². The first-order valence-corrected chi connectivity index (χ1v) is 8.06. The molecule has 0 bridgehead atoms. The predicted octanol–water partition coefficient (Wildman–Crippen LogP) is 1.23. The van der Waals surface area contributed by atoms with Crippen LogP contribution in [-0.4, -0.2) is 53.5 Å². The van der Waals surface area contributed by atoms with E-state index in [2.05, 4.69) is 16.0 Å². The van der Waals surface area contributed by atoms with Crippen molar-refractivity contribution in [2.24, 2.45) is 5.92 Å². The molecule has 1 aliphatic heterocycles. The van der Waals surface area contributed by atoms with Gasteiger partial charge >= 0.3 is 0 Å². The van der Waals surface area contributed by atoms with E-state index in [-0.39, 0.29) is 24.3 Å². The van der Waals surface area contributed by atoms with E-state index < -0.39 is 0 Å². The van der Waals surface area contributed by atoms with Crippen LogP contribution in [-0.2, 0) is 16.0 Å². The van der Waals surface area contributed by atoms with Gasteiger partial charge in [0.05, 0.1) is 5.92 Å². The molecule has 1 aliphatic rings. The van der Waals surface area contributed by atoms with Crippen LogP contribution in [0.25, 0.3) is 0 Å². The van der Waals surface area contributed by atoms with Crippen LogP contribution in [0.1, 0.15) is 31.7 Å². The summed E-state index contributed by atoms with van der Waals surface area (Å²) in [5.74, 6) is 1.05. The predicted molar refractivity (Wildman–Crippen MR) is 88.0 cm³/mol. The summed E-state index contributed by atoms with van der Waals surface area (Å²) >= 11 is 0. The lowest BCUT2D eigenvalue weighted by Crippen LogP contribution is -2.54. The number of unbranched alkanes of at least 4 members (excludes halogenated alkanes) is 1. The number of amides is 1. The molecule has 0 radical (unpaired) electrons. The monoisotopic (exact) mass is 319 g/mol. The molecule has 1 aromatic rings. The quantitative estimate of drug-likeness (QED) is 0.576. The Morgan fingerprint density at radius 3 is 2.65 bits per heavy atom. The first kappa shape index (κ1) is 17.4. The molecule has 1 amide bonds. The van der Waals surface area contributed by atoms with Gasteiger partial charge in [-0.25, -0.2) is 4.98 Å². The second-order valence-electron chi connectivity index (χ2n) is 6.21. The zero-order valence-electron chi connectivity index (χ0n) is 13.9. The Bertz CT molecular complexity index is 539. The summed E-state index contributed by atoms with van der Waals surface area (Å²) in [6, 6.07) is 4.04. The van der Waals surface area contributed by atoms with Crippen LogP contribution in [0.2, 0.25) is 0 Å². The van der Waals surface area contributed by atoms with E-state index in [9.17, 15) is 9.59 Å². The molecular formula is C17H25N3O3. The number of Topliss-reactive ketones (excluding diaryl/α,β-unsaturated/α-hetero) is 1. The molecule has 2 rings (SSSR count). The minimum Gasteiger partial charge on any atom is -0.376 e. The SMILES string of the molecule is CC(=O)CCCCc1ccc(N2CC(C(=O)N(C)CO)C2)nc1. The van der Waals surface area contributed by atoms with Crippen molar-refractivity contribution < 1.29 is 14.7 Å². The summed E-state index contributed by atoms with van der Waals surface area (Å²) in [4.78, 5) is 30.6. The van der Waals surface area contributed by atoms with E-state index in [4.69, 9.17) is 5.11 Å². The van der Waals surface area contributed by atoms with Crippen molar-refractivity contribution >= 4 is 17.5 Å². The molecule has 23 heavy (non-hydrogen) atoms. The fourth-order valence-corrected chi connectivity index (χ4v) is 2.66. The highest BCUT2D eigenvalue weighted by Crippen LogP contribution is 2.24. The molecule has 126 valence electrons. The van der Waals surface area contributed by atoms with Gasteiger partial charge in [-0.1, -0.05) is 6.07 Å². The van der Waals surface area contributed by atoms with Gasteiger partial charge in [0.15, 0.2) is 0 Å². The Kier molecular flexibility index (Phi) is 6.10. The lowest BCUT2D eigenvalue weighted by Gasteiger charge is -2.40. The minimum absolute atomic E-state index is 0.0224. The van der Waals surface area contributed by atoms with Crippen molar-refractivity contribution in [3.8, 4) is 0 Å². The fraction of sp³-hybridized carbons (Fsp3) is 0.588. The number of anilines is 1. The van der Waals surface area contributed by atoms with Gasteiger partial charge in [0, 0.05) is 32.8 Å². The average Bonchev–Trinajstić information content (AvgIpc) is 2.50. The van der Waals surface area contributed by atoms with E-state index in [1.807, 2.05) is 12.3 Å². The van der Waals surface area contributed by atoms with Crippen molar-refractivity contribution in [1.82, 2.24) is 9.88 Å². The summed E-state index contributed by atoms with van der Waals surface area (Å²) in [6.45, 7) is 2.67. The molecule has 0 unspecified atom stereocenters. The van der Waals surface area contributed by atoms with Crippen LogP contribution >= 0.6 is 0 Å². The maximum absolute atomic E-state index is 11.9. The standard InChI is InChI=1S/C17H25N3O3/c1-13(22)5-3-4-6-14-7-8-16(18-9-14)20-10-15(11-20)17(23)19(2)12-21/h7-9,15,21H,3-6,10-12H2,1-2H3. The molecule has 0 aliphatic carbocycles. The molecule has 2 heterocycles. The highest BCUT2D eigenvalue weighted by Gasteiger charge is 2.34. The van der Waals surface area contributed by atoms with E-state index in [0.29, 0.717) is 19.5 Å². The summed E-state index contributed by atoms with van der Waals surface area (Å²) in [6.07, 6.45) is 5.37. The van der Waals surface area contributed by atoms with Crippen LogP contribution in [0.5, 0.6) is 0 Å². The molecule has 0 aromatic carbocycles. The number of hydrogen-bond acceptors (Lipinski definition) is 5. The lowest BCUT2D eigenvalue weighted by atomic mass is 9.98. The summed E-state index contributed by atoms with van der Waals surface area (Å²) < 4.78 is 0. The first-order chi connectivity index (χ1) is 11.0. The number of rotatable bonds is 8. The number of aliphatic hydroxyl groups is 1. The van der Waals surface area contributed by atoms with Crippen molar-refractivity contribution in [2.75, 3.05) is 31.8 Å². The molecule has 1 N–H and O–H groups in total. The zero-order chi connectivity index (χ0) is 16.8. The highest BCUT2D eigenvalue weighted by atomic mass is 16.3. The number of hydrogen-bond donors (Lipinski definition) is 1. The number of carbonyl (C=O) groups is 2. The fourth-order valence-electron chi connectivity index (χ4n) is 2.66. The van der Waals surface area contributed by atoms with Crippen LogP contribution in [0.15, 0.2) is 18.3 Å². The Balaban J connectivity index is 1.76. The molecule has 1 saturated heterocycles. The van der Waals surface area contributed by atoms with Crippen LogP contribution in [0, 0.1) is 5.92 Å². The molecular weight excluding hydrogens is 294 g/mol. The summed E-state index contributed by atoms with van der Waals surface area (Å²) in [5, 5.41) is 8.97. The number of aryl methyl sites for hydroxylation is 1. The summed E-state index contributed by atoms with van der Waals surface area (Å²) in [7, 11) is 1.60. The second kappa shape index (κ2) is 8.06. The Labute approximate surface area is 137 Å². The maximum Gasteiger partial charge on any atom is 0.230 e. The Hall–Kier alpha value is -1.95. The molecule has 1 fully saturated rings. The molecule has 6 heteroatoms. The third-order valence-corrected chi connectivity index (χ3v) is 4.20. The van der Waals surface area contributed by atoms with Gasteiger partial charge in [0.25, 0.3) is 0 Å². The van der Waals surface area contributed by atoms with Gasteiger partial charge in [-0.2, -0.15) is 0 Å². The van der Waals surface area contributed by atoms with Crippen LogP contribution < -0.4 is 4.90 Å². The van der Waals surface area contributed by atoms with Gasteiger partial charge in [0.2, 0.25) is 5.91 Å². The first-order valence-electron chi connectivity index (χ1n) is 8.06. The lowest BCUT2D eigenvalue weighted by molar-refractivity contribution is -0.138. The zero-order valence-corrected chi connectivity index (χ0v) is 13.9.